The lowest BCUT2D eigenvalue weighted by Crippen LogP contribution is -2.37. The average Bonchev–Trinajstić information content (AvgIpc) is 3.34. The Balaban J connectivity index is 1.88. The van der Waals surface area contributed by atoms with Gasteiger partial charge >= 0.3 is 5.69 Å². The minimum Gasteiger partial charge on any atom is -0.494 e. The van der Waals surface area contributed by atoms with Gasteiger partial charge in [-0.2, -0.15) is 4.98 Å². The highest BCUT2D eigenvalue weighted by Gasteiger charge is 2.21. The van der Waals surface area contributed by atoms with Gasteiger partial charge in [0.1, 0.15) is 5.75 Å². The number of aryl methyl sites for hydroxylation is 1. The second-order valence-electron chi connectivity index (χ2n) is 7.44. The molecule has 162 valence electrons. The molecule has 0 saturated carbocycles. The maximum absolute atomic E-state index is 13.0. The summed E-state index contributed by atoms with van der Waals surface area (Å²) < 4.78 is 11.7. The first-order valence-corrected chi connectivity index (χ1v) is 10.5. The van der Waals surface area contributed by atoms with Gasteiger partial charge in [-0.25, -0.2) is 4.79 Å². The van der Waals surface area contributed by atoms with Crippen molar-refractivity contribution in [3.63, 3.8) is 0 Å². The van der Waals surface area contributed by atoms with E-state index >= 15 is 0 Å². The van der Waals surface area contributed by atoms with Gasteiger partial charge < -0.3 is 4.74 Å². The molecule has 2 aromatic carbocycles. The summed E-state index contributed by atoms with van der Waals surface area (Å²) in [7, 11) is 3.07. The maximum atomic E-state index is 13.0. The Kier molecular flexibility index (Phi) is 4.67. The van der Waals surface area contributed by atoms with Gasteiger partial charge in [-0.15, -0.1) is 0 Å². The number of hydrogen-bond acceptors (Lipinski definition) is 4. The summed E-state index contributed by atoms with van der Waals surface area (Å²) in [5.41, 5.74) is 2.41. The van der Waals surface area contributed by atoms with Crippen molar-refractivity contribution < 1.29 is 4.74 Å². The predicted molar refractivity (Wildman–Crippen MR) is 124 cm³/mol. The molecule has 32 heavy (non-hydrogen) atoms. The number of aromatic nitrogens is 5. The Morgan fingerprint density at radius 3 is 2.31 bits per heavy atom. The fourth-order valence-corrected chi connectivity index (χ4v) is 4.03. The van der Waals surface area contributed by atoms with Crippen molar-refractivity contribution in [2.45, 2.75) is 6.92 Å². The fraction of sp³-hybridized carbons (Fsp3) is 0.174. The van der Waals surface area contributed by atoms with Crippen molar-refractivity contribution in [1.29, 1.82) is 0 Å². The van der Waals surface area contributed by atoms with Gasteiger partial charge in [0, 0.05) is 36.6 Å². The molecule has 0 N–H and O–H groups in total. The predicted octanol–water partition coefficient (Wildman–Crippen LogP) is 3.39. The van der Waals surface area contributed by atoms with E-state index in [-0.39, 0.29) is 0 Å². The van der Waals surface area contributed by atoms with Gasteiger partial charge in [0.05, 0.1) is 12.3 Å². The number of nitrogens with zero attached hydrogens (tertiary/aromatic N) is 5. The van der Waals surface area contributed by atoms with E-state index in [2.05, 4.69) is 0 Å². The molecule has 8 nitrogen and oxygen atoms in total. The normalized spacial score (nSPS) is 11.5. The van der Waals surface area contributed by atoms with Crippen LogP contribution in [0.1, 0.15) is 6.92 Å². The Morgan fingerprint density at radius 2 is 1.66 bits per heavy atom. The van der Waals surface area contributed by atoms with E-state index in [1.54, 1.807) is 11.4 Å². The molecule has 5 rings (SSSR count). The van der Waals surface area contributed by atoms with E-state index in [0.717, 1.165) is 27.3 Å². The lowest BCUT2D eigenvalue weighted by Gasteiger charge is -2.10. The van der Waals surface area contributed by atoms with Crippen LogP contribution in [0.5, 0.6) is 5.75 Å². The first-order chi connectivity index (χ1) is 15.4. The summed E-state index contributed by atoms with van der Waals surface area (Å²) in [5, 5.41) is 0.631. The monoisotopic (exact) mass is 449 g/mol. The third-order valence-electron chi connectivity index (χ3n) is 5.51. The van der Waals surface area contributed by atoms with Crippen molar-refractivity contribution >= 4 is 28.5 Å². The molecule has 0 aliphatic carbocycles. The molecule has 9 heteroatoms. The summed E-state index contributed by atoms with van der Waals surface area (Å²) >= 11 is 6.09. The van der Waals surface area contributed by atoms with Crippen molar-refractivity contribution in [2.24, 2.45) is 14.1 Å². The number of ether oxygens (including phenoxy) is 1. The van der Waals surface area contributed by atoms with Gasteiger partial charge in [0.2, 0.25) is 5.78 Å². The SMILES string of the molecule is CCOc1ccc(-n2c(-c3ccc(Cl)cc3)cn3c4c(=O)n(C)c(=O)n(C)c4nc23)cc1. The standard InChI is InChI=1S/C23H20ClN5O3/c1-4-32-17-11-9-16(10-12-17)29-18(14-5-7-15(24)8-6-14)13-28-19-20(25-22(28)29)26(2)23(31)27(3)21(19)30/h5-13H,4H2,1-3H3. The van der Waals surface area contributed by atoms with Gasteiger partial charge in [-0.1, -0.05) is 23.7 Å². The number of halogens is 1. The van der Waals surface area contributed by atoms with Crippen LogP contribution in [0.3, 0.4) is 0 Å². The zero-order chi connectivity index (χ0) is 22.6. The zero-order valence-electron chi connectivity index (χ0n) is 17.7. The fourth-order valence-electron chi connectivity index (χ4n) is 3.91. The molecule has 0 unspecified atom stereocenters. The van der Waals surface area contributed by atoms with Crippen LogP contribution in [0.4, 0.5) is 0 Å². The number of imidazole rings is 2. The summed E-state index contributed by atoms with van der Waals surface area (Å²) in [6.45, 7) is 2.51. The Hall–Kier alpha value is -3.78. The van der Waals surface area contributed by atoms with Crippen LogP contribution in [-0.2, 0) is 14.1 Å². The first kappa shape index (κ1) is 20.1. The Morgan fingerprint density at radius 1 is 0.969 bits per heavy atom. The van der Waals surface area contributed by atoms with Crippen LogP contribution in [0.25, 0.3) is 33.9 Å². The molecule has 0 bridgehead atoms. The van der Waals surface area contributed by atoms with Crippen molar-refractivity contribution in [1.82, 2.24) is 23.1 Å². The molecule has 0 amide bonds. The number of rotatable bonds is 4. The summed E-state index contributed by atoms with van der Waals surface area (Å²) in [6, 6.07) is 15.1. The topological polar surface area (TPSA) is 75.5 Å². The summed E-state index contributed by atoms with van der Waals surface area (Å²) in [4.78, 5) is 30.1. The van der Waals surface area contributed by atoms with Crippen LogP contribution < -0.4 is 16.0 Å². The van der Waals surface area contributed by atoms with E-state index in [0.29, 0.717) is 28.6 Å². The highest BCUT2D eigenvalue weighted by atomic mass is 35.5. The van der Waals surface area contributed by atoms with E-state index in [4.69, 9.17) is 21.3 Å². The van der Waals surface area contributed by atoms with E-state index in [1.807, 2.05) is 66.2 Å². The highest BCUT2D eigenvalue weighted by molar-refractivity contribution is 6.30. The third-order valence-corrected chi connectivity index (χ3v) is 5.76. The van der Waals surface area contributed by atoms with Crippen molar-refractivity contribution in [3.8, 4) is 22.7 Å². The maximum Gasteiger partial charge on any atom is 0.332 e. The smallest absolute Gasteiger partial charge is 0.332 e. The molecular weight excluding hydrogens is 430 g/mol. The van der Waals surface area contributed by atoms with E-state index < -0.39 is 11.2 Å². The lowest BCUT2D eigenvalue weighted by atomic mass is 10.1. The molecule has 0 spiro atoms. The van der Waals surface area contributed by atoms with E-state index in [9.17, 15) is 9.59 Å². The van der Waals surface area contributed by atoms with Crippen LogP contribution >= 0.6 is 11.6 Å². The average molecular weight is 450 g/mol. The second-order valence-corrected chi connectivity index (χ2v) is 7.88. The van der Waals surface area contributed by atoms with Gasteiger partial charge in [0.15, 0.2) is 11.2 Å². The van der Waals surface area contributed by atoms with Crippen LogP contribution in [0.2, 0.25) is 5.02 Å². The summed E-state index contributed by atoms with van der Waals surface area (Å²) in [6.07, 6.45) is 1.86. The summed E-state index contributed by atoms with van der Waals surface area (Å²) in [5.74, 6) is 1.28. The van der Waals surface area contributed by atoms with Gasteiger partial charge in [-0.05, 0) is 43.3 Å². The lowest BCUT2D eigenvalue weighted by molar-refractivity contribution is 0.340. The van der Waals surface area contributed by atoms with Crippen LogP contribution in [0, 0.1) is 0 Å². The van der Waals surface area contributed by atoms with E-state index in [1.165, 1.54) is 11.6 Å². The molecule has 3 heterocycles. The molecule has 3 aromatic heterocycles. The number of benzene rings is 2. The van der Waals surface area contributed by atoms with Crippen molar-refractivity contribution in [3.05, 3.63) is 80.6 Å². The largest absolute Gasteiger partial charge is 0.494 e. The molecule has 0 fully saturated rings. The van der Waals surface area contributed by atoms with Crippen LogP contribution in [-0.4, -0.2) is 29.7 Å². The highest BCUT2D eigenvalue weighted by Crippen LogP contribution is 2.30. The first-order valence-electron chi connectivity index (χ1n) is 10.1. The van der Waals surface area contributed by atoms with Gasteiger partial charge in [0.25, 0.3) is 5.56 Å². The molecule has 0 aliphatic heterocycles. The molecule has 0 saturated heterocycles. The minimum atomic E-state index is -0.422. The van der Waals surface area contributed by atoms with Crippen LogP contribution in [0.15, 0.2) is 64.3 Å². The zero-order valence-corrected chi connectivity index (χ0v) is 18.5. The molecule has 0 aliphatic rings. The Labute approximate surface area is 187 Å². The molecular formula is C23H20ClN5O3. The number of fused-ring (bicyclic) bond motifs is 3. The molecule has 0 atom stereocenters. The second kappa shape index (κ2) is 7.42. The third kappa shape index (κ3) is 2.95. The molecule has 0 radical (unpaired) electrons. The quantitative estimate of drug-likeness (QED) is 0.421. The van der Waals surface area contributed by atoms with Crippen molar-refractivity contribution in [2.75, 3.05) is 6.61 Å². The number of hydrogen-bond donors (Lipinski definition) is 0. The Bertz CT molecular complexity index is 1590. The minimum absolute atomic E-state index is 0.329. The van der Waals surface area contributed by atoms with Gasteiger partial charge in [-0.3, -0.25) is 22.9 Å². The molecule has 5 aromatic rings.